The lowest BCUT2D eigenvalue weighted by Gasteiger charge is -2.06. The van der Waals surface area contributed by atoms with Gasteiger partial charge >= 0.3 is 0 Å². The number of benzene rings is 1. The molecular weight excluding hydrogens is 311 g/mol. The molecule has 1 rings (SSSR count). The van der Waals surface area contributed by atoms with Crippen LogP contribution >= 0.6 is 35.0 Å². The molecule has 1 aromatic rings. The zero-order valence-electron chi connectivity index (χ0n) is 10.1. The molecule has 1 N–H and O–H groups in total. The van der Waals surface area contributed by atoms with E-state index in [1.807, 2.05) is 6.26 Å². The van der Waals surface area contributed by atoms with Crippen LogP contribution in [0.15, 0.2) is 12.1 Å². The van der Waals surface area contributed by atoms with Crippen LogP contribution in [0, 0.1) is 10.1 Å². The average Bonchev–Trinajstić information content (AvgIpc) is 2.37. The molecule has 0 unspecified atom stereocenters. The van der Waals surface area contributed by atoms with Crippen LogP contribution in [-0.2, 0) is 0 Å². The fraction of sp³-hybridized carbons (Fsp3) is 0.364. The lowest BCUT2D eigenvalue weighted by atomic mass is 10.2. The van der Waals surface area contributed by atoms with E-state index < -0.39 is 10.8 Å². The molecule has 0 atom stereocenters. The largest absolute Gasteiger partial charge is 0.352 e. The maximum atomic E-state index is 11.8. The van der Waals surface area contributed by atoms with Gasteiger partial charge in [0.05, 0.1) is 9.95 Å². The van der Waals surface area contributed by atoms with Gasteiger partial charge in [-0.15, -0.1) is 0 Å². The third-order valence-electron chi connectivity index (χ3n) is 2.28. The molecule has 1 amide bonds. The Morgan fingerprint density at radius 2 is 2.16 bits per heavy atom. The van der Waals surface area contributed by atoms with E-state index in [0.29, 0.717) is 6.54 Å². The molecule has 8 heteroatoms. The van der Waals surface area contributed by atoms with Gasteiger partial charge in [-0.25, -0.2) is 0 Å². The van der Waals surface area contributed by atoms with Gasteiger partial charge in [-0.2, -0.15) is 11.8 Å². The van der Waals surface area contributed by atoms with E-state index in [2.05, 4.69) is 5.32 Å². The highest BCUT2D eigenvalue weighted by Gasteiger charge is 2.19. The van der Waals surface area contributed by atoms with E-state index in [0.717, 1.165) is 18.2 Å². The predicted octanol–water partition coefficient (Wildman–Crippen LogP) is 3.38. The molecule has 0 spiro atoms. The number of carbonyl (C=O) groups excluding carboxylic acids is 1. The minimum atomic E-state index is -0.668. The summed E-state index contributed by atoms with van der Waals surface area (Å²) in [7, 11) is 0. The smallest absolute Gasteiger partial charge is 0.290 e. The number of nitro groups is 1. The Balaban J connectivity index is 2.83. The highest BCUT2D eigenvalue weighted by atomic mass is 35.5. The lowest BCUT2D eigenvalue weighted by Crippen LogP contribution is -2.24. The monoisotopic (exact) mass is 322 g/mol. The summed E-state index contributed by atoms with van der Waals surface area (Å²) in [5.74, 6) is 0.532. The van der Waals surface area contributed by atoms with Crippen LogP contribution in [0.25, 0.3) is 0 Å². The van der Waals surface area contributed by atoms with Crippen molar-refractivity contribution >= 4 is 46.6 Å². The number of hydrogen-bond donors (Lipinski definition) is 1. The van der Waals surface area contributed by atoms with E-state index in [-0.39, 0.29) is 21.3 Å². The average molecular weight is 323 g/mol. The van der Waals surface area contributed by atoms with Gasteiger partial charge in [0.2, 0.25) is 0 Å². The van der Waals surface area contributed by atoms with Crippen LogP contribution in [0.3, 0.4) is 0 Å². The minimum absolute atomic E-state index is 0.00914. The minimum Gasteiger partial charge on any atom is -0.352 e. The Labute approximate surface area is 124 Å². The van der Waals surface area contributed by atoms with Crippen LogP contribution in [0.1, 0.15) is 16.8 Å². The molecule has 0 saturated carbocycles. The first-order chi connectivity index (χ1) is 8.97. The normalized spacial score (nSPS) is 10.3. The Bertz CT molecular complexity index is 497. The topological polar surface area (TPSA) is 72.2 Å². The molecule has 0 aliphatic heterocycles. The summed E-state index contributed by atoms with van der Waals surface area (Å²) in [6.45, 7) is 0.508. The van der Waals surface area contributed by atoms with E-state index >= 15 is 0 Å². The fourth-order valence-corrected chi connectivity index (χ4v) is 2.18. The highest BCUT2D eigenvalue weighted by Crippen LogP contribution is 2.32. The number of nitrogens with one attached hydrogen (secondary N) is 1. The van der Waals surface area contributed by atoms with Crippen molar-refractivity contribution < 1.29 is 9.72 Å². The molecule has 19 heavy (non-hydrogen) atoms. The highest BCUT2D eigenvalue weighted by molar-refractivity contribution is 7.98. The summed E-state index contributed by atoms with van der Waals surface area (Å²) < 4.78 is 0. The summed E-state index contributed by atoms with van der Waals surface area (Å²) >= 11 is 13.2. The van der Waals surface area contributed by atoms with Gasteiger partial charge in [-0.05, 0) is 24.5 Å². The Hall–Kier alpha value is -0.980. The van der Waals surface area contributed by atoms with Crippen molar-refractivity contribution in [2.75, 3.05) is 18.6 Å². The molecule has 0 fully saturated rings. The van der Waals surface area contributed by atoms with Gasteiger partial charge in [-0.3, -0.25) is 14.9 Å². The van der Waals surface area contributed by atoms with Gasteiger partial charge in [0.25, 0.3) is 11.6 Å². The van der Waals surface area contributed by atoms with Crippen molar-refractivity contribution in [1.82, 2.24) is 5.32 Å². The standard InChI is InChI=1S/C11H12Cl2N2O3S/c1-19-4-2-3-14-11(16)7-5-8(12)10(13)9(6-7)15(17)18/h5-6H,2-4H2,1H3,(H,14,16). The Morgan fingerprint density at radius 3 is 2.74 bits per heavy atom. The first kappa shape index (κ1) is 16.1. The van der Waals surface area contributed by atoms with E-state index in [4.69, 9.17) is 23.2 Å². The number of nitro benzene ring substituents is 1. The summed E-state index contributed by atoms with van der Waals surface area (Å²) in [5, 5.41) is 13.3. The molecule has 0 heterocycles. The maximum Gasteiger partial charge on any atom is 0.290 e. The van der Waals surface area contributed by atoms with E-state index in [9.17, 15) is 14.9 Å². The van der Waals surface area contributed by atoms with Gasteiger partial charge in [0.15, 0.2) is 0 Å². The molecule has 1 aromatic carbocycles. The van der Waals surface area contributed by atoms with Gasteiger partial charge in [-0.1, -0.05) is 23.2 Å². The third kappa shape index (κ3) is 4.56. The van der Waals surface area contributed by atoms with Crippen LogP contribution in [0.2, 0.25) is 10.0 Å². The lowest BCUT2D eigenvalue weighted by molar-refractivity contribution is -0.384. The van der Waals surface area contributed by atoms with Crippen molar-refractivity contribution in [2.24, 2.45) is 0 Å². The quantitative estimate of drug-likeness (QED) is 0.495. The molecule has 0 aliphatic carbocycles. The van der Waals surface area contributed by atoms with Gasteiger partial charge in [0.1, 0.15) is 5.02 Å². The number of rotatable bonds is 6. The number of thioether (sulfide) groups is 1. The fourth-order valence-electron chi connectivity index (χ4n) is 1.36. The summed E-state index contributed by atoms with van der Waals surface area (Å²) in [6.07, 6.45) is 2.81. The zero-order chi connectivity index (χ0) is 14.4. The molecule has 0 bridgehead atoms. The number of nitrogens with zero attached hydrogens (tertiary/aromatic N) is 1. The van der Waals surface area contributed by atoms with Crippen molar-refractivity contribution in [1.29, 1.82) is 0 Å². The molecule has 5 nitrogen and oxygen atoms in total. The third-order valence-corrected chi connectivity index (χ3v) is 3.77. The molecular formula is C11H12Cl2N2O3S. The Morgan fingerprint density at radius 1 is 1.47 bits per heavy atom. The summed E-state index contributed by atoms with van der Waals surface area (Å²) in [5.41, 5.74) is -0.242. The molecule has 0 saturated heterocycles. The van der Waals surface area contributed by atoms with Gasteiger partial charge in [0, 0.05) is 18.2 Å². The Kier molecular flexibility index (Phi) is 6.41. The van der Waals surface area contributed by atoms with Crippen molar-refractivity contribution in [2.45, 2.75) is 6.42 Å². The summed E-state index contributed by atoms with van der Waals surface area (Å²) in [6, 6.07) is 2.44. The second-order valence-electron chi connectivity index (χ2n) is 3.65. The van der Waals surface area contributed by atoms with Crippen molar-refractivity contribution in [3.05, 3.63) is 37.9 Å². The zero-order valence-corrected chi connectivity index (χ0v) is 12.4. The first-order valence-corrected chi connectivity index (χ1v) is 7.53. The van der Waals surface area contributed by atoms with Crippen molar-refractivity contribution in [3.63, 3.8) is 0 Å². The number of carbonyl (C=O) groups is 1. The second kappa shape index (κ2) is 7.57. The number of hydrogen-bond acceptors (Lipinski definition) is 4. The molecule has 104 valence electrons. The van der Waals surface area contributed by atoms with Crippen LogP contribution in [0.5, 0.6) is 0 Å². The molecule has 0 aliphatic rings. The van der Waals surface area contributed by atoms with Crippen LogP contribution < -0.4 is 5.32 Å². The van der Waals surface area contributed by atoms with E-state index in [1.54, 1.807) is 11.8 Å². The van der Waals surface area contributed by atoms with Crippen LogP contribution in [0.4, 0.5) is 5.69 Å². The first-order valence-electron chi connectivity index (χ1n) is 5.38. The number of amides is 1. The summed E-state index contributed by atoms with van der Waals surface area (Å²) in [4.78, 5) is 21.9. The van der Waals surface area contributed by atoms with Gasteiger partial charge < -0.3 is 5.32 Å². The molecule has 0 radical (unpaired) electrons. The van der Waals surface area contributed by atoms with Crippen LogP contribution in [-0.4, -0.2) is 29.4 Å². The maximum absolute atomic E-state index is 11.8. The van der Waals surface area contributed by atoms with Crippen molar-refractivity contribution in [3.8, 4) is 0 Å². The predicted molar refractivity (Wildman–Crippen MR) is 78.4 cm³/mol. The molecule has 0 aromatic heterocycles. The van der Waals surface area contributed by atoms with E-state index in [1.165, 1.54) is 6.07 Å². The second-order valence-corrected chi connectivity index (χ2v) is 5.42. The SMILES string of the molecule is CSCCCNC(=O)c1cc(Cl)c(Cl)c([N+](=O)[O-])c1. The number of halogens is 2.